The third-order valence-corrected chi connectivity index (χ3v) is 4.23. The maximum absolute atomic E-state index is 13.7. The van der Waals surface area contributed by atoms with Gasteiger partial charge in [0, 0.05) is 30.3 Å². The van der Waals surface area contributed by atoms with Gasteiger partial charge in [0.25, 0.3) is 11.8 Å². The number of carbonyl (C=O) groups is 2. The molecule has 1 aromatic heterocycles. The van der Waals surface area contributed by atoms with E-state index >= 15 is 0 Å². The molecular weight excluding hydrogens is 399 g/mol. The monoisotopic (exact) mass is 415 g/mol. The number of nitrogens with zero attached hydrogens (tertiary/aromatic N) is 2. The van der Waals surface area contributed by atoms with E-state index in [2.05, 4.69) is 20.6 Å². The number of amides is 2. The molecule has 0 saturated carbocycles. The second kappa shape index (κ2) is 8.60. The lowest BCUT2D eigenvalue weighted by Crippen LogP contribution is -2.24. The Morgan fingerprint density at radius 1 is 1.07 bits per heavy atom. The van der Waals surface area contributed by atoms with Crippen molar-refractivity contribution in [1.82, 2.24) is 20.6 Å². The molecule has 3 aromatic rings. The summed E-state index contributed by atoms with van der Waals surface area (Å²) in [5.74, 6) is -4.75. The Morgan fingerprint density at radius 2 is 1.80 bits per heavy atom. The number of hydrogen-bond donors (Lipinski definition) is 3. The van der Waals surface area contributed by atoms with E-state index in [1.807, 2.05) is 0 Å². The van der Waals surface area contributed by atoms with E-state index in [1.165, 1.54) is 25.4 Å². The average Bonchev–Trinajstić information content (AvgIpc) is 2.76. The van der Waals surface area contributed by atoms with Crippen molar-refractivity contribution in [3.05, 3.63) is 76.9 Å². The number of nitrogens with two attached hydrogens (primary N) is 1. The lowest BCUT2D eigenvalue weighted by molar-refractivity contribution is 0.0945. The zero-order valence-electron chi connectivity index (χ0n) is 15.7. The Balaban J connectivity index is 1.83. The van der Waals surface area contributed by atoms with E-state index in [9.17, 15) is 22.8 Å². The fourth-order valence-corrected chi connectivity index (χ4v) is 2.64. The van der Waals surface area contributed by atoms with Crippen LogP contribution in [0.25, 0.3) is 11.3 Å². The second-order valence-corrected chi connectivity index (χ2v) is 6.15. The maximum Gasteiger partial charge on any atom is 0.273 e. The standard InChI is InChI=1S/C20H16F3N5O2/c1-25-20(30)17-18(24)26-9-15(28-17)10-3-2-4-11(7-10)19(29)27-8-12-13(21)5-6-14(22)16(12)23/h2-7,9H,8H2,1H3,(H2,24,26)(H,25,30)(H,27,29). The fourth-order valence-electron chi connectivity index (χ4n) is 2.64. The molecule has 2 aromatic carbocycles. The molecule has 0 bridgehead atoms. The number of carbonyl (C=O) groups excluding carboxylic acids is 2. The van der Waals surface area contributed by atoms with Gasteiger partial charge in [-0.15, -0.1) is 0 Å². The van der Waals surface area contributed by atoms with Crippen molar-refractivity contribution < 1.29 is 22.8 Å². The summed E-state index contributed by atoms with van der Waals surface area (Å²) in [5.41, 5.74) is 5.92. The number of halogens is 3. The van der Waals surface area contributed by atoms with E-state index < -0.39 is 41.4 Å². The van der Waals surface area contributed by atoms with Crippen LogP contribution in [0.1, 0.15) is 26.4 Å². The molecule has 0 unspecified atom stereocenters. The van der Waals surface area contributed by atoms with Gasteiger partial charge in [0.1, 0.15) is 5.82 Å². The van der Waals surface area contributed by atoms with Crippen LogP contribution in [-0.4, -0.2) is 28.8 Å². The smallest absolute Gasteiger partial charge is 0.273 e. The molecule has 0 radical (unpaired) electrons. The molecule has 2 amide bonds. The van der Waals surface area contributed by atoms with Gasteiger partial charge in [-0.25, -0.2) is 23.1 Å². The Bertz CT molecular complexity index is 1140. The van der Waals surface area contributed by atoms with E-state index in [1.54, 1.807) is 12.1 Å². The summed E-state index contributed by atoms with van der Waals surface area (Å²) in [7, 11) is 1.42. The third-order valence-electron chi connectivity index (χ3n) is 4.23. The van der Waals surface area contributed by atoms with Gasteiger partial charge >= 0.3 is 0 Å². The van der Waals surface area contributed by atoms with Gasteiger partial charge < -0.3 is 16.4 Å². The Hall–Kier alpha value is -3.95. The normalized spacial score (nSPS) is 10.5. The Kier molecular flexibility index (Phi) is 5.95. The molecule has 30 heavy (non-hydrogen) atoms. The zero-order chi connectivity index (χ0) is 21.8. The predicted octanol–water partition coefficient (Wildman–Crippen LogP) is 2.43. The molecule has 7 nitrogen and oxygen atoms in total. The topological polar surface area (TPSA) is 110 Å². The number of rotatable bonds is 5. The summed E-state index contributed by atoms with van der Waals surface area (Å²) in [5, 5.41) is 4.75. The highest BCUT2D eigenvalue weighted by Gasteiger charge is 2.17. The maximum atomic E-state index is 13.7. The van der Waals surface area contributed by atoms with Crippen LogP contribution in [0.15, 0.2) is 42.6 Å². The lowest BCUT2D eigenvalue weighted by atomic mass is 10.1. The van der Waals surface area contributed by atoms with Gasteiger partial charge in [0.15, 0.2) is 23.1 Å². The van der Waals surface area contributed by atoms with Crippen molar-refractivity contribution in [3.63, 3.8) is 0 Å². The van der Waals surface area contributed by atoms with Crippen LogP contribution >= 0.6 is 0 Å². The second-order valence-electron chi connectivity index (χ2n) is 6.15. The van der Waals surface area contributed by atoms with Gasteiger partial charge in [-0.1, -0.05) is 12.1 Å². The molecule has 10 heteroatoms. The molecule has 3 rings (SSSR count). The molecule has 4 N–H and O–H groups in total. The predicted molar refractivity (Wildman–Crippen MR) is 103 cm³/mol. The highest BCUT2D eigenvalue weighted by atomic mass is 19.2. The molecule has 0 aliphatic rings. The molecule has 0 fully saturated rings. The SMILES string of the molecule is CNC(=O)c1nc(-c2cccc(C(=O)NCc3c(F)ccc(F)c3F)c2)cnc1N. The van der Waals surface area contributed by atoms with E-state index in [0.29, 0.717) is 17.3 Å². The van der Waals surface area contributed by atoms with E-state index in [-0.39, 0.29) is 17.1 Å². The number of aromatic nitrogens is 2. The number of benzene rings is 2. The van der Waals surface area contributed by atoms with Crippen LogP contribution in [-0.2, 0) is 6.54 Å². The highest BCUT2D eigenvalue weighted by Crippen LogP contribution is 2.20. The summed E-state index contributed by atoms with van der Waals surface area (Å²) in [4.78, 5) is 32.4. The molecule has 154 valence electrons. The number of nitrogen functional groups attached to an aromatic ring is 1. The van der Waals surface area contributed by atoms with Crippen molar-refractivity contribution in [2.24, 2.45) is 0 Å². The first-order chi connectivity index (χ1) is 14.3. The fraction of sp³-hybridized carbons (Fsp3) is 0.100. The van der Waals surface area contributed by atoms with Gasteiger partial charge in [0.2, 0.25) is 0 Å². The minimum Gasteiger partial charge on any atom is -0.382 e. The van der Waals surface area contributed by atoms with Gasteiger partial charge in [-0.3, -0.25) is 9.59 Å². The van der Waals surface area contributed by atoms with Crippen LogP contribution in [0.4, 0.5) is 19.0 Å². The summed E-state index contributed by atoms with van der Waals surface area (Å²) in [6.45, 7) is -0.541. The van der Waals surface area contributed by atoms with Gasteiger partial charge in [-0.2, -0.15) is 0 Å². The molecule has 0 spiro atoms. The van der Waals surface area contributed by atoms with Gasteiger partial charge in [-0.05, 0) is 24.3 Å². The average molecular weight is 415 g/mol. The number of hydrogen-bond acceptors (Lipinski definition) is 5. The minimum atomic E-state index is -1.36. The minimum absolute atomic E-state index is 0.0499. The van der Waals surface area contributed by atoms with Crippen molar-refractivity contribution >= 4 is 17.6 Å². The van der Waals surface area contributed by atoms with E-state index in [0.717, 1.165) is 6.07 Å². The first kappa shape index (κ1) is 20.8. The van der Waals surface area contributed by atoms with Crippen molar-refractivity contribution in [2.45, 2.75) is 6.54 Å². The van der Waals surface area contributed by atoms with Crippen LogP contribution in [0.5, 0.6) is 0 Å². The zero-order valence-corrected chi connectivity index (χ0v) is 15.7. The van der Waals surface area contributed by atoms with Crippen LogP contribution in [0.2, 0.25) is 0 Å². The molecule has 1 heterocycles. The van der Waals surface area contributed by atoms with Crippen LogP contribution in [0.3, 0.4) is 0 Å². The lowest BCUT2D eigenvalue weighted by Gasteiger charge is -2.10. The Labute approximate surface area is 169 Å². The summed E-state index contributed by atoms with van der Waals surface area (Å²) < 4.78 is 40.7. The highest BCUT2D eigenvalue weighted by molar-refractivity contribution is 5.97. The summed E-state index contributed by atoms with van der Waals surface area (Å²) in [6, 6.07) is 7.58. The molecule has 0 aliphatic carbocycles. The molecule has 0 aliphatic heterocycles. The molecule has 0 atom stereocenters. The number of nitrogens with one attached hydrogen (secondary N) is 2. The molecule has 0 saturated heterocycles. The third kappa shape index (κ3) is 4.22. The quantitative estimate of drug-likeness (QED) is 0.555. The molecular formula is C20H16F3N5O2. The van der Waals surface area contributed by atoms with Gasteiger partial charge in [0.05, 0.1) is 11.9 Å². The summed E-state index contributed by atoms with van der Waals surface area (Å²) in [6.07, 6.45) is 1.34. The first-order valence-corrected chi connectivity index (χ1v) is 8.67. The van der Waals surface area contributed by atoms with Crippen LogP contribution in [0, 0.1) is 17.5 Å². The van der Waals surface area contributed by atoms with Crippen LogP contribution < -0.4 is 16.4 Å². The van der Waals surface area contributed by atoms with E-state index in [4.69, 9.17) is 5.73 Å². The van der Waals surface area contributed by atoms with Crippen molar-refractivity contribution in [2.75, 3.05) is 12.8 Å². The number of anilines is 1. The van der Waals surface area contributed by atoms with Crippen molar-refractivity contribution in [3.8, 4) is 11.3 Å². The largest absolute Gasteiger partial charge is 0.382 e. The Morgan fingerprint density at radius 3 is 2.53 bits per heavy atom. The summed E-state index contributed by atoms with van der Waals surface area (Å²) >= 11 is 0. The first-order valence-electron chi connectivity index (χ1n) is 8.67. The van der Waals surface area contributed by atoms with Crippen molar-refractivity contribution in [1.29, 1.82) is 0 Å².